The number of hydrogen-bond donors (Lipinski definition) is 3. The lowest BCUT2D eigenvalue weighted by molar-refractivity contribution is 0.0313. The molecule has 5 N–H and O–H groups in total. The number of likely N-dealkylation sites (tertiary alicyclic amines) is 1. The van der Waals surface area contributed by atoms with Crippen molar-refractivity contribution in [2.75, 3.05) is 25.5 Å². The van der Waals surface area contributed by atoms with E-state index in [-0.39, 0.29) is 11.8 Å². The van der Waals surface area contributed by atoms with Gasteiger partial charge in [0.25, 0.3) is 0 Å². The summed E-state index contributed by atoms with van der Waals surface area (Å²) in [7, 11) is 1.41. The minimum atomic E-state index is -0.828. The number of carbonyl (C=O) groups is 1. The van der Waals surface area contributed by atoms with Gasteiger partial charge in [0.15, 0.2) is 17.4 Å². The van der Waals surface area contributed by atoms with E-state index < -0.39 is 18.0 Å². The molecule has 1 aliphatic heterocycles. The molecule has 0 bridgehead atoms. The smallest absolute Gasteiger partial charge is 0.404 e. The fourth-order valence-electron chi connectivity index (χ4n) is 3.77. The number of carbonyl (C=O) groups excluding carboxylic acids is 1. The molecule has 3 heterocycles. The predicted octanol–water partition coefficient (Wildman–Crippen LogP) is 1.62. The van der Waals surface area contributed by atoms with Gasteiger partial charge in [-0.25, -0.2) is 18.7 Å². The Kier molecular flexibility index (Phi) is 5.87. The number of anilines is 2. The van der Waals surface area contributed by atoms with E-state index in [1.165, 1.54) is 19.5 Å². The molecular weight excluding hydrogens is 405 g/mol. The Hall–Kier alpha value is -3.44. The van der Waals surface area contributed by atoms with Crippen molar-refractivity contribution >= 4 is 23.1 Å². The zero-order chi connectivity index (χ0) is 22.0. The van der Waals surface area contributed by atoms with Crippen LogP contribution in [0, 0.1) is 5.82 Å². The molecule has 1 amide bonds. The van der Waals surface area contributed by atoms with Gasteiger partial charge in [-0.1, -0.05) is 0 Å². The Morgan fingerprint density at radius 3 is 3.00 bits per heavy atom. The van der Waals surface area contributed by atoms with Crippen LogP contribution < -0.4 is 21.5 Å². The molecule has 0 unspecified atom stereocenters. The summed E-state index contributed by atoms with van der Waals surface area (Å²) in [5, 5.41) is 7.48. The van der Waals surface area contributed by atoms with Crippen LogP contribution in [0.2, 0.25) is 0 Å². The molecule has 1 aromatic carbocycles. The molecule has 1 saturated heterocycles. The molecule has 11 heteroatoms. The van der Waals surface area contributed by atoms with Gasteiger partial charge >= 0.3 is 6.09 Å². The van der Waals surface area contributed by atoms with Crippen LogP contribution in [0.5, 0.6) is 5.75 Å². The Bertz CT molecular complexity index is 1090. The normalized spacial score (nSPS) is 19.3. The van der Waals surface area contributed by atoms with Crippen LogP contribution in [0.3, 0.4) is 0 Å². The second-order valence-electron chi connectivity index (χ2n) is 7.38. The zero-order valence-corrected chi connectivity index (χ0v) is 17.0. The molecule has 31 heavy (non-hydrogen) atoms. The number of halogens is 1. The Labute approximate surface area is 177 Å². The van der Waals surface area contributed by atoms with E-state index in [2.05, 4.69) is 20.3 Å². The Balaban J connectivity index is 1.58. The number of nitrogens with one attached hydrogen (secondary N) is 1. The largest absolute Gasteiger partial charge is 0.494 e. The number of aromatic nitrogens is 3. The van der Waals surface area contributed by atoms with Crippen molar-refractivity contribution in [3.8, 4) is 5.75 Å². The minimum Gasteiger partial charge on any atom is -0.494 e. The number of benzene rings is 1. The molecule has 3 aromatic rings. The highest BCUT2D eigenvalue weighted by Crippen LogP contribution is 2.28. The molecule has 4 rings (SSSR count). The number of methoxy groups -OCH3 is 1. The SMILES string of the molecule is COc1cc(Nc2ncnn3ccc(CN4CC[C@@H](N)[C@@H](OC(N)=O)C4)c23)ccc1F. The van der Waals surface area contributed by atoms with E-state index in [0.29, 0.717) is 31.0 Å². The standard InChI is InChI=1S/C20H24FN7O3/c1-30-16-8-13(2-3-14(16)21)26-19-18-12(4-7-28(18)25-11-24-19)9-27-6-5-15(22)17(10-27)31-20(23)29/h2-4,7-8,11,15,17H,5-6,9-10,22H2,1H3,(H2,23,29)(H,24,25,26)/t15-,17+/m1/s1. The maximum atomic E-state index is 13.7. The van der Waals surface area contributed by atoms with E-state index >= 15 is 0 Å². The van der Waals surface area contributed by atoms with Gasteiger partial charge in [-0.15, -0.1) is 0 Å². The van der Waals surface area contributed by atoms with Crippen molar-refractivity contribution < 1.29 is 18.7 Å². The first-order valence-corrected chi connectivity index (χ1v) is 9.80. The van der Waals surface area contributed by atoms with Gasteiger partial charge in [0.1, 0.15) is 17.9 Å². The Morgan fingerprint density at radius 2 is 2.23 bits per heavy atom. The summed E-state index contributed by atoms with van der Waals surface area (Å²) in [6.07, 6.45) is 2.68. The molecular formula is C20H24FN7O3. The van der Waals surface area contributed by atoms with Crippen molar-refractivity contribution in [1.82, 2.24) is 19.5 Å². The van der Waals surface area contributed by atoms with E-state index in [9.17, 15) is 9.18 Å². The highest BCUT2D eigenvalue weighted by atomic mass is 19.1. The van der Waals surface area contributed by atoms with Gasteiger partial charge in [0, 0.05) is 43.6 Å². The molecule has 1 aliphatic rings. The molecule has 10 nitrogen and oxygen atoms in total. The third-order valence-corrected chi connectivity index (χ3v) is 5.31. The van der Waals surface area contributed by atoms with Crippen LogP contribution in [-0.4, -0.2) is 57.9 Å². The lowest BCUT2D eigenvalue weighted by Gasteiger charge is -2.35. The maximum Gasteiger partial charge on any atom is 0.404 e. The number of piperidine rings is 1. The van der Waals surface area contributed by atoms with Gasteiger partial charge < -0.3 is 26.3 Å². The monoisotopic (exact) mass is 429 g/mol. The summed E-state index contributed by atoms with van der Waals surface area (Å²) in [5.74, 6) is 0.262. The number of rotatable bonds is 6. The second kappa shape index (κ2) is 8.74. The number of primary amides is 1. The fraction of sp³-hybridized carbons (Fsp3) is 0.350. The van der Waals surface area contributed by atoms with Crippen LogP contribution in [0.15, 0.2) is 36.8 Å². The molecule has 164 valence electrons. The van der Waals surface area contributed by atoms with E-state index in [1.54, 1.807) is 16.6 Å². The lowest BCUT2D eigenvalue weighted by atomic mass is 10.0. The molecule has 0 aliphatic carbocycles. The average molecular weight is 429 g/mol. The highest BCUT2D eigenvalue weighted by molar-refractivity contribution is 5.76. The van der Waals surface area contributed by atoms with Gasteiger partial charge in [0.2, 0.25) is 0 Å². The topological polar surface area (TPSA) is 133 Å². The van der Waals surface area contributed by atoms with Gasteiger partial charge in [-0.3, -0.25) is 4.90 Å². The predicted molar refractivity (Wildman–Crippen MR) is 112 cm³/mol. The van der Waals surface area contributed by atoms with Gasteiger partial charge in [-0.05, 0) is 30.2 Å². The molecule has 1 fully saturated rings. The second-order valence-corrected chi connectivity index (χ2v) is 7.38. The number of amides is 1. The summed E-state index contributed by atoms with van der Waals surface area (Å²) < 4.78 is 25.7. The van der Waals surface area contributed by atoms with E-state index in [0.717, 1.165) is 17.6 Å². The van der Waals surface area contributed by atoms with E-state index in [4.69, 9.17) is 20.9 Å². The van der Waals surface area contributed by atoms with Crippen molar-refractivity contribution in [2.45, 2.75) is 25.1 Å². The molecule has 2 atom stereocenters. The zero-order valence-electron chi connectivity index (χ0n) is 17.0. The van der Waals surface area contributed by atoms with Gasteiger partial charge in [-0.2, -0.15) is 5.10 Å². The van der Waals surface area contributed by atoms with Crippen LogP contribution in [-0.2, 0) is 11.3 Å². The molecule has 0 saturated carbocycles. The maximum absolute atomic E-state index is 13.7. The van der Waals surface area contributed by atoms with Crippen molar-refractivity contribution in [3.63, 3.8) is 0 Å². The summed E-state index contributed by atoms with van der Waals surface area (Å²) in [4.78, 5) is 17.7. The highest BCUT2D eigenvalue weighted by Gasteiger charge is 2.29. The number of fused-ring (bicyclic) bond motifs is 1. The average Bonchev–Trinajstić information content (AvgIpc) is 3.15. The first-order chi connectivity index (χ1) is 14.9. The van der Waals surface area contributed by atoms with Crippen molar-refractivity contribution in [2.24, 2.45) is 11.5 Å². The lowest BCUT2D eigenvalue weighted by Crippen LogP contribution is -2.52. The van der Waals surface area contributed by atoms with E-state index in [1.807, 2.05) is 12.3 Å². The summed E-state index contributed by atoms with van der Waals surface area (Å²) in [6, 6.07) is 6.21. The van der Waals surface area contributed by atoms with Crippen molar-refractivity contribution in [1.29, 1.82) is 0 Å². The third-order valence-electron chi connectivity index (χ3n) is 5.31. The van der Waals surface area contributed by atoms with Gasteiger partial charge in [0.05, 0.1) is 7.11 Å². The van der Waals surface area contributed by atoms with Crippen molar-refractivity contribution in [3.05, 3.63) is 48.2 Å². The molecule has 0 spiro atoms. The fourth-order valence-corrected chi connectivity index (χ4v) is 3.77. The number of hydrogen-bond acceptors (Lipinski definition) is 8. The van der Waals surface area contributed by atoms with Crippen LogP contribution in [0.1, 0.15) is 12.0 Å². The quantitative estimate of drug-likeness (QED) is 0.538. The first kappa shape index (κ1) is 20.8. The van der Waals surface area contributed by atoms with Crippen LogP contribution in [0.4, 0.5) is 20.7 Å². The van der Waals surface area contributed by atoms with Crippen LogP contribution in [0.25, 0.3) is 5.52 Å². The van der Waals surface area contributed by atoms with Crippen LogP contribution >= 0.6 is 0 Å². The minimum absolute atomic E-state index is 0.135. The molecule has 0 radical (unpaired) electrons. The molecule has 2 aromatic heterocycles. The number of ether oxygens (including phenoxy) is 2. The Morgan fingerprint density at radius 1 is 1.39 bits per heavy atom. The summed E-state index contributed by atoms with van der Waals surface area (Å²) in [6.45, 7) is 1.81. The summed E-state index contributed by atoms with van der Waals surface area (Å²) in [5.41, 5.74) is 13.6. The number of nitrogens with two attached hydrogens (primary N) is 2. The summed E-state index contributed by atoms with van der Waals surface area (Å²) >= 11 is 0. The third kappa shape index (κ3) is 4.52. The number of nitrogens with zero attached hydrogens (tertiary/aromatic N) is 4. The first-order valence-electron chi connectivity index (χ1n) is 9.80.